The lowest BCUT2D eigenvalue weighted by atomic mass is 9.63. The molecule has 2 atom stereocenters. The smallest absolute Gasteiger partial charge is 0.394 e. The fourth-order valence-corrected chi connectivity index (χ4v) is 10.3. The molecule has 0 radical (unpaired) electrons. The van der Waals surface area contributed by atoms with Gasteiger partial charge in [0.15, 0.2) is 5.78 Å². The summed E-state index contributed by atoms with van der Waals surface area (Å²) in [6, 6.07) is 21.7. The second-order valence-electron chi connectivity index (χ2n) is 19.6. The summed E-state index contributed by atoms with van der Waals surface area (Å²) < 4.78 is 176. The highest BCUT2D eigenvalue weighted by Crippen LogP contribution is 2.50. The summed E-state index contributed by atoms with van der Waals surface area (Å²) in [6.07, 6.45) is -12.4. The van der Waals surface area contributed by atoms with Crippen LogP contribution in [0.4, 0.5) is 52.7 Å². The van der Waals surface area contributed by atoms with Crippen molar-refractivity contribution < 1.29 is 77.2 Å². The molecule has 6 aromatic rings. The van der Waals surface area contributed by atoms with E-state index in [0.29, 0.717) is 75.6 Å². The van der Waals surface area contributed by atoms with Crippen LogP contribution in [-0.2, 0) is 60.9 Å². The number of halogens is 12. The summed E-state index contributed by atoms with van der Waals surface area (Å²) in [6.45, 7) is 2.12. The SMILES string of the molecule is C[C@@H](OCC1(c2ccccc2)CCC(C(=O)CO)(n2cnnc2)CC1)c1cc(C(F)(F)F)cc(C(F)(F)F)c1.C[C@@H](OCC1(c2ccccc2)CCC(CO)(n2cnnc2)CC1)c1cc(C(F)(F)F)cc(C(F)(F)F)c1. The van der Waals surface area contributed by atoms with Crippen molar-refractivity contribution in [2.24, 2.45) is 0 Å². The van der Waals surface area contributed by atoms with Gasteiger partial charge in [0.05, 0.1) is 59.8 Å². The molecule has 2 N–H and O–H groups in total. The zero-order valence-electron chi connectivity index (χ0n) is 41.0. The molecule has 2 fully saturated rings. The topological polar surface area (TPSA) is 137 Å². The number of hydrogen-bond donors (Lipinski definition) is 2. The third kappa shape index (κ3) is 12.6. The van der Waals surface area contributed by atoms with E-state index in [1.165, 1.54) is 26.5 Å². The monoisotopic (exact) mass is 1080 g/mol. The second kappa shape index (κ2) is 22.4. The molecule has 410 valence electrons. The molecule has 23 heteroatoms. The van der Waals surface area contributed by atoms with Gasteiger partial charge in [-0.2, -0.15) is 52.7 Å². The van der Waals surface area contributed by atoms with Gasteiger partial charge >= 0.3 is 24.7 Å². The van der Waals surface area contributed by atoms with E-state index in [-0.39, 0.29) is 43.1 Å². The van der Waals surface area contributed by atoms with Crippen molar-refractivity contribution in [3.8, 4) is 0 Å². The lowest BCUT2D eigenvalue weighted by molar-refractivity contribution is -0.145. The Morgan fingerprint density at radius 2 is 0.842 bits per heavy atom. The molecule has 0 aliphatic heterocycles. The Kier molecular flexibility index (Phi) is 17.0. The second-order valence-corrected chi connectivity index (χ2v) is 19.6. The van der Waals surface area contributed by atoms with Gasteiger partial charge in [0.2, 0.25) is 0 Å². The molecular formula is C53H54F12N6O5. The maximum absolute atomic E-state index is 13.4. The number of carbonyl (C=O) groups is 1. The summed E-state index contributed by atoms with van der Waals surface area (Å²) in [5, 5.41) is 35.2. The Bertz CT molecular complexity index is 2760. The average molecular weight is 1080 g/mol. The average Bonchev–Trinajstić information content (AvgIpc) is 4.19. The molecular weight excluding hydrogens is 1030 g/mol. The van der Waals surface area contributed by atoms with Gasteiger partial charge in [0.25, 0.3) is 0 Å². The molecule has 2 saturated carbocycles. The van der Waals surface area contributed by atoms with Gasteiger partial charge in [-0.25, -0.2) is 0 Å². The van der Waals surface area contributed by atoms with Gasteiger partial charge in [-0.1, -0.05) is 60.7 Å². The van der Waals surface area contributed by atoms with Crippen LogP contribution in [0.1, 0.15) is 122 Å². The molecule has 8 rings (SSSR count). The van der Waals surface area contributed by atoms with Crippen molar-refractivity contribution in [2.75, 3.05) is 26.4 Å². The molecule has 2 aliphatic carbocycles. The normalized spacial score (nSPS) is 23.3. The predicted octanol–water partition coefficient (Wildman–Crippen LogP) is 12.2. The Labute approximate surface area is 428 Å². The summed E-state index contributed by atoms with van der Waals surface area (Å²) >= 11 is 0. The van der Waals surface area contributed by atoms with Gasteiger partial charge < -0.3 is 28.8 Å². The van der Waals surface area contributed by atoms with Crippen LogP contribution in [0, 0.1) is 0 Å². The van der Waals surface area contributed by atoms with Crippen LogP contribution < -0.4 is 0 Å². The van der Waals surface area contributed by atoms with Crippen molar-refractivity contribution >= 4 is 5.78 Å². The van der Waals surface area contributed by atoms with Crippen LogP contribution in [0.15, 0.2) is 122 Å². The number of alkyl halides is 12. The van der Waals surface area contributed by atoms with Crippen LogP contribution in [0.2, 0.25) is 0 Å². The first kappa shape index (κ1) is 57.5. The number of aromatic nitrogens is 6. The van der Waals surface area contributed by atoms with E-state index in [4.69, 9.17) is 9.47 Å². The van der Waals surface area contributed by atoms with E-state index in [0.717, 1.165) is 11.1 Å². The molecule has 0 unspecified atom stereocenters. The molecule has 0 bridgehead atoms. The van der Waals surface area contributed by atoms with Crippen molar-refractivity contribution in [1.82, 2.24) is 29.5 Å². The molecule has 0 spiro atoms. The minimum atomic E-state index is -4.96. The van der Waals surface area contributed by atoms with Crippen molar-refractivity contribution in [3.05, 3.63) is 167 Å². The summed E-state index contributed by atoms with van der Waals surface area (Å²) in [5.41, 5.74) is -7.08. The number of carbonyl (C=O) groups excluding carboxylic acids is 1. The lowest BCUT2D eigenvalue weighted by Crippen LogP contribution is -2.50. The number of Topliss-reactive ketones (excluding diaryl/α,β-unsaturated/α-hetero) is 1. The van der Waals surface area contributed by atoms with Crippen LogP contribution in [0.25, 0.3) is 0 Å². The standard InChI is InChI=1S/C27H27F6N3O3.C26H27F6N3O2/c1-18(19-11-21(26(28,29)30)13-22(12-19)27(31,32)33)39-15-24(20-5-3-2-4-6-20)7-9-25(10-8-24,23(38)14-37)36-16-34-35-17-36;1-18(19-11-21(25(27,28)29)13-22(12-19)26(30,31)32)37-15-23(20-5-3-2-4-6-20)7-9-24(14-36,10-8-23)35-16-33-34-17-35/h2-6,11-13,16-18,37H,7-10,14-15H2,1H3;2-6,11-13,16-18,36H,7-10,14-15H2,1H3/t18-,24?,25?;18-,23?,24?/m11/s1. The number of aliphatic hydroxyl groups is 2. The molecule has 0 saturated heterocycles. The first-order valence-electron chi connectivity index (χ1n) is 24.1. The van der Waals surface area contributed by atoms with E-state index in [9.17, 15) is 67.7 Å². The van der Waals surface area contributed by atoms with Gasteiger partial charge in [-0.05, 0) is 124 Å². The molecule has 2 heterocycles. The number of nitrogens with zero attached hydrogens (tertiary/aromatic N) is 6. The van der Waals surface area contributed by atoms with E-state index in [1.807, 2.05) is 60.7 Å². The third-order valence-corrected chi connectivity index (χ3v) is 15.2. The number of benzene rings is 4. The molecule has 0 amide bonds. The van der Waals surface area contributed by atoms with Crippen LogP contribution in [0.3, 0.4) is 0 Å². The Morgan fingerprint density at radius 1 is 0.513 bits per heavy atom. The van der Waals surface area contributed by atoms with E-state index < -0.39 is 93.5 Å². The zero-order chi connectivity index (χ0) is 55.4. The minimum absolute atomic E-state index is 0.0125. The number of ketones is 1. The van der Waals surface area contributed by atoms with Crippen LogP contribution in [-0.4, -0.2) is 72.0 Å². The van der Waals surface area contributed by atoms with Crippen LogP contribution >= 0.6 is 0 Å². The van der Waals surface area contributed by atoms with Gasteiger partial charge in [-0.3, -0.25) is 4.79 Å². The van der Waals surface area contributed by atoms with Crippen molar-refractivity contribution in [2.45, 2.75) is 124 Å². The molecule has 2 aliphatic rings. The Balaban J connectivity index is 0.000000221. The molecule has 4 aromatic carbocycles. The summed E-state index contributed by atoms with van der Waals surface area (Å²) in [4.78, 5) is 12.9. The fourth-order valence-electron chi connectivity index (χ4n) is 10.3. The predicted molar refractivity (Wildman–Crippen MR) is 250 cm³/mol. The minimum Gasteiger partial charge on any atom is -0.394 e. The summed E-state index contributed by atoms with van der Waals surface area (Å²) in [5.74, 6) is -0.401. The molecule has 2 aromatic heterocycles. The number of ether oxygens (including phenoxy) is 2. The van der Waals surface area contributed by atoms with Crippen molar-refractivity contribution in [3.63, 3.8) is 0 Å². The van der Waals surface area contributed by atoms with Crippen molar-refractivity contribution in [1.29, 1.82) is 0 Å². The summed E-state index contributed by atoms with van der Waals surface area (Å²) in [7, 11) is 0. The first-order valence-corrected chi connectivity index (χ1v) is 24.1. The van der Waals surface area contributed by atoms with Gasteiger partial charge in [-0.15, -0.1) is 20.4 Å². The Morgan fingerprint density at radius 3 is 1.16 bits per heavy atom. The quantitative estimate of drug-likeness (QED) is 0.0963. The zero-order valence-corrected chi connectivity index (χ0v) is 41.0. The highest BCUT2D eigenvalue weighted by Gasteiger charge is 2.50. The highest BCUT2D eigenvalue weighted by atomic mass is 19.4. The third-order valence-electron chi connectivity index (χ3n) is 15.2. The highest BCUT2D eigenvalue weighted by molar-refractivity contribution is 5.87. The number of rotatable bonds is 15. The Hall–Kier alpha value is -6.17. The van der Waals surface area contributed by atoms with Gasteiger partial charge in [0.1, 0.15) is 37.5 Å². The van der Waals surface area contributed by atoms with E-state index >= 15 is 0 Å². The molecule has 11 nitrogen and oxygen atoms in total. The number of hydrogen-bond acceptors (Lipinski definition) is 9. The molecule has 76 heavy (non-hydrogen) atoms. The first-order chi connectivity index (χ1) is 35.7. The maximum atomic E-state index is 13.4. The maximum Gasteiger partial charge on any atom is 0.416 e. The largest absolute Gasteiger partial charge is 0.416 e. The number of aliphatic hydroxyl groups excluding tert-OH is 2. The van der Waals surface area contributed by atoms with Crippen LogP contribution in [0.5, 0.6) is 0 Å². The van der Waals surface area contributed by atoms with E-state index in [1.54, 1.807) is 21.8 Å². The van der Waals surface area contributed by atoms with E-state index in [2.05, 4.69) is 20.4 Å². The van der Waals surface area contributed by atoms with Gasteiger partial charge in [0, 0.05) is 10.8 Å². The fraction of sp³-hybridized carbons (Fsp3) is 0.453. The lowest BCUT2D eigenvalue weighted by Gasteiger charge is -2.46.